The number of ether oxygens (including phenoxy) is 2. The van der Waals surface area contributed by atoms with Crippen molar-refractivity contribution in [2.75, 3.05) is 20.7 Å². The lowest BCUT2D eigenvalue weighted by Gasteiger charge is -2.58. The topological polar surface area (TPSA) is 41.9 Å². The number of aliphatic hydroxyl groups is 1. The molecule has 0 radical (unpaired) electrons. The average molecular weight is 315 g/mol. The average Bonchev–Trinajstić information content (AvgIpc) is 2.92. The molecule has 5 rings (SSSR count). The second-order valence-electron chi connectivity index (χ2n) is 7.78. The molecule has 4 nitrogen and oxygen atoms in total. The Bertz CT molecular complexity index is 660. The highest BCUT2D eigenvalue weighted by molar-refractivity contribution is 5.58. The monoisotopic (exact) mass is 315 g/mol. The van der Waals surface area contributed by atoms with E-state index in [-0.39, 0.29) is 24.2 Å². The van der Waals surface area contributed by atoms with Gasteiger partial charge in [0.25, 0.3) is 0 Å². The summed E-state index contributed by atoms with van der Waals surface area (Å²) in [7, 11) is 4.09. The van der Waals surface area contributed by atoms with Crippen molar-refractivity contribution >= 4 is 0 Å². The third-order valence-corrected chi connectivity index (χ3v) is 7.12. The first kappa shape index (κ1) is 14.3. The third-order valence-electron chi connectivity index (χ3n) is 7.12. The van der Waals surface area contributed by atoms with E-state index in [4.69, 9.17) is 9.47 Å². The van der Waals surface area contributed by atoms with Crippen LogP contribution in [0.3, 0.4) is 0 Å². The number of hydrogen-bond acceptors (Lipinski definition) is 4. The molecule has 0 aromatic heterocycles. The van der Waals surface area contributed by atoms with Gasteiger partial charge in [0.15, 0.2) is 0 Å². The second kappa shape index (κ2) is 4.71. The Morgan fingerprint density at radius 1 is 1.39 bits per heavy atom. The highest BCUT2D eigenvalue weighted by atomic mass is 16.5. The highest BCUT2D eigenvalue weighted by Gasteiger charge is 2.65. The smallest absolute Gasteiger partial charge is 0.135 e. The van der Waals surface area contributed by atoms with Gasteiger partial charge in [-0.2, -0.15) is 0 Å². The number of nitrogens with zero attached hydrogens (tertiary/aromatic N) is 1. The van der Waals surface area contributed by atoms with Gasteiger partial charge in [0.1, 0.15) is 11.9 Å². The summed E-state index contributed by atoms with van der Waals surface area (Å²) in [6.07, 6.45) is 4.84. The van der Waals surface area contributed by atoms with Gasteiger partial charge in [-0.15, -0.1) is 0 Å². The first-order valence-electron chi connectivity index (χ1n) is 8.86. The van der Waals surface area contributed by atoms with Gasteiger partial charge in [0.05, 0.1) is 12.7 Å². The fourth-order valence-electron chi connectivity index (χ4n) is 6.12. The molecule has 4 heteroatoms. The molecule has 1 saturated carbocycles. The van der Waals surface area contributed by atoms with E-state index >= 15 is 0 Å². The van der Waals surface area contributed by atoms with Gasteiger partial charge in [-0.25, -0.2) is 0 Å². The number of rotatable bonds is 2. The summed E-state index contributed by atoms with van der Waals surface area (Å²) in [4.78, 5) is 2.56. The molecule has 2 aliphatic carbocycles. The summed E-state index contributed by atoms with van der Waals surface area (Å²) in [5, 5.41) is 9.78. The molecule has 1 spiro atoms. The number of piperidine rings is 1. The van der Waals surface area contributed by atoms with Gasteiger partial charge >= 0.3 is 0 Å². The van der Waals surface area contributed by atoms with Crippen molar-refractivity contribution in [3.63, 3.8) is 0 Å². The van der Waals surface area contributed by atoms with Crippen LogP contribution in [0.25, 0.3) is 0 Å². The van der Waals surface area contributed by atoms with Crippen LogP contribution >= 0.6 is 0 Å². The zero-order chi connectivity index (χ0) is 15.8. The van der Waals surface area contributed by atoms with Crippen LogP contribution in [-0.4, -0.2) is 49.0 Å². The number of likely N-dealkylation sites (tertiary alicyclic amines) is 1. The molecule has 2 fully saturated rings. The summed E-state index contributed by atoms with van der Waals surface area (Å²) < 4.78 is 12.4. The minimum atomic E-state index is 0.0526. The van der Waals surface area contributed by atoms with Crippen LogP contribution in [0.2, 0.25) is 0 Å². The lowest BCUT2D eigenvalue weighted by molar-refractivity contribution is -0.111. The van der Waals surface area contributed by atoms with Crippen LogP contribution in [0.4, 0.5) is 0 Å². The number of methoxy groups -OCH3 is 1. The lowest BCUT2D eigenvalue weighted by Crippen LogP contribution is -2.66. The standard InChI is InChI=1S/C19H25NO3/c1-20-8-7-19-13-5-6-15(22-2)18(19)23-17-12(10-21)4-3-11(16(17)19)9-14(13)20/h3-4,13-15,18,21H,5-10H2,1-2H3/t13?,14?,15-,18-,19-/m0/s1. The number of aliphatic hydroxyl groups excluding tert-OH is 1. The SMILES string of the molecule is CO[C@H]1CCC2C3Cc4ccc(CO)c5c4[C@@]2(CCN3C)[C@H]1O5. The van der Waals surface area contributed by atoms with Gasteiger partial charge in [0.2, 0.25) is 0 Å². The maximum atomic E-state index is 9.78. The molecular formula is C19H25NO3. The maximum Gasteiger partial charge on any atom is 0.135 e. The Kier molecular flexibility index (Phi) is 2.92. The molecule has 2 aliphatic heterocycles. The molecule has 1 saturated heterocycles. The van der Waals surface area contributed by atoms with E-state index in [2.05, 4.69) is 24.1 Å². The second-order valence-corrected chi connectivity index (χ2v) is 7.78. The summed E-state index contributed by atoms with van der Waals surface area (Å²) in [5.74, 6) is 1.63. The molecule has 23 heavy (non-hydrogen) atoms. The molecule has 5 atom stereocenters. The lowest BCUT2D eigenvalue weighted by atomic mass is 9.51. The van der Waals surface area contributed by atoms with Crippen LogP contribution < -0.4 is 4.74 Å². The maximum absolute atomic E-state index is 9.78. The summed E-state index contributed by atoms with van der Waals surface area (Å²) >= 11 is 0. The zero-order valence-electron chi connectivity index (χ0n) is 13.9. The van der Waals surface area contributed by atoms with Crippen molar-refractivity contribution in [3.05, 3.63) is 28.8 Å². The quantitative estimate of drug-likeness (QED) is 0.904. The molecule has 2 unspecified atom stereocenters. The predicted octanol–water partition coefficient (Wildman–Crippen LogP) is 1.86. The molecule has 1 aromatic carbocycles. The van der Waals surface area contributed by atoms with E-state index < -0.39 is 0 Å². The molecule has 0 amide bonds. The molecule has 2 heterocycles. The van der Waals surface area contributed by atoms with E-state index in [1.54, 1.807) is 0 Å². The molecule has 1 aromatic rings. The Hall–Kier alpha value is -1.10. The first-order valence-corrected chi connectivity index (χ1v) is 8.86. The molecule has 124 valence electrons. The van der Waals surface area contributed by atoms with E-state index in [0.717, 1.165) is 37.1 Å². The van der Waals surface area contributed by atoms with Gasteiger partial charge in [-0.1, -0.05) is 12.1 Å². The van der Waals surface area contributed by atoms with Crippen LogP contribution in [0.1, 0.15) is 36.0 Å². The van der Waals surface area contributed by atoms with E-state index in [1.165, 1.54) is 17.5 Å². The third kappa shape index (κ3) is 1.57. The van der Waals surface area contributed by atoms with Crippen LogP contribution in [0, 0.1) is 5.92 Å². The Morgan fingerprint density at radius 2 is 2.26 bits per heavy atom. The Balaban J connectivity index is 1.77. The van der Waals surface area contributed by atoms with Gasteiger partial charge < -0.3 is 19.5 Å². The van der Waals surface area contributed by atoms with Crippen LogP contribution in [-0.2, 0) is 23.2 Å². The zero-order valence-corrected chi connectivity index (χ0v) is 13.9. The van der Waals surface area contributed by atoms with Crippen molar-refractivity contribution in [1.29, 1.82) is 0 Å². The summed E-state index contributed by atoms with van der Waals surface area (Å²) in [6, 6.07) is 4.91. The van der Waals surface area contributed by atoms with Crippen molar-refractivity contribution < 1.29 is 14.6 Å². The van der Waals surface area contributed by atoms with Crippen molar-refractivity contribution in [3.8, 4) is 5.75 Å². The van der Waals surface area contributed by atoms with Gasteiger partial charge in [-0.05, 0) is 50.8 Å². The molecule has 4 aliphatic rings. The fraction of sp³-hybridized carbons (Fsp3) is 0.684. The van der Waals surface area contributed by atoms with Crippen LogP contribution in [0.5, 0.6) is 5.75 Å². The van der Waals surface area contributed by atoms with Crippen molar-refractivity contribution in [1.82, 2.24) is 4.90 Å². The van der Waals surface area contributed by atoms with Crippen LogP contribution in [0.15, 0.2) is 12.1 Å². The summed E-state index contributed by atoms with van der Waals surface area (Å²) in [5.41, 5.74) is 3.90. The Labute approximate surface area is 137 Å². The predicted molar refractivity (Wildman–Crippen MR) is 86.7 cm³/mol. The fourth-order valence-corrected chi connectivity index (χ4v) is 6.12. The number of likely N-dealkylation sites (N-methyl/N-ethyl adjacent to an activating group) is 1. The number of hydrogen-bond donors (Lipinski definition) is 1. The van der Waals surface area contributed by atoms with E-state index in [1.807, 2.05) is 7.11 Å². The van der Waals surface area contributed by atoms with Gasteiger partial charge in [0, 0.05) is 29.7 Å². The highest BCUT2D eigenvalue weighted by Crippen LogP contribution is 2.62. The summed E-state index contributed by atoms with van der Waals surface area (Å²) in [6.45, 7) is 1.18. The molecule has 1 N–H and O–H groups in total. The Morgan fingerprint density at radius 3 is 3.04 bits per heavy atom. The van der Waals surface area contributed by atoms with E-state index in [9.17, 15) is 5.11 Å². The van der Waals surface area contributed by atoms with Gasteiger partial charge in [-0.3, -0.25) is 0 Å². The van der Waals surface area contributed by atoms with E-state index in [0.29, 0.717) is 12.0 Å². The van der Waals surface area contributed by atoms with Crippen molar-refractivity contribution in [2.45, 2.75) is 56.0 Å². The largest absolute Gasteiger partial charge is 0.486 e. The molecule has 2 bridgehead atoms. The normalized spacial score (nSPS) is 40.7. The molecular weight excluding hydrogens is 290 g/mol. The minimum Gasteiger partial charge on any atom is -0.486 e. The minimum absolute atomic E-state index is 0.0526. The first-order chi connectivity index (χ1) is 11.2. The number of benzene rings is 1. The van der Waals surface area contributed by atoms with Crippen molar-refractivity contribution in [2.24, 2.45) is 5.92 Å².